The number of thiophene rings is 1. The predicted molar refractivity (Wildman–Crippen MR) is 168 cm³/mol. The monoisotopic (exact) mass is 698 g/mol. The molecule has 0 spiro atoms. The second-order valence-corrected chi connectivity index (χ2v) is 12.5. The Morgan fingerprint density at radius 2 is 1.45 bits per heavy atom. The Morgan fingerprint density at radius 3 is 2.02 bits per heavy atom. The minimum Gasteiger partial charge on any atom is -0.463 e. The number of hydrogen-bond donors (Lipinski definition) is 1. The highest BCUT2D eigenvalue weighted by atomic mass is 32.1. The van der Waals surface area contributed by atoms with Crippen molar-refractivity contribution in [1.82, 2.24) is 15.1 Å². The predicted octanol–water partition coefficient (Wildman–Crippen LogP) is 1.17. The molecule has 0 aliphatic carbocycles. The topological polar surface area (TPSA) is 197 Å². The molecule has 2 aromatic rings. The number of ether oxygens (including phenoxy) is 5. The van der Waals surface area contributed by atoms with Gasteiger partial charge in [-0.05, 0) is 23.6 Å². The van der Waals surface area contributed by atoms with Crippen LogP contribution in [0.3, 0.4) is 0 Å². The first-order valence-corrected chi connectivity index (χ1v) is 16.1. The van der Waals surface area contributed by atoms with Gasteiger partial charge in [0, 0.05) is 51.5 Å². The summed E-state index contributed by atoms with van der Waals surface area (Å²) in [6.07, 6.45) is -6.91. The van der Waals surface area contributed by atoms with E-state index in [4.69, 9.17) is 23.7 Å². The van der Waals surface area contributed by atoms with Crippen LogP contribution >= 0.6 is 11.3 Å². The smallest absolute Gasteiger partial charge is 0.303 e. The summed E-state index contributed by atoms with van der Waals surface area (Å²) in [5.74, 6) is -5.00. The Bertz CT molecular complexity index is 1640. The van der Waals surface area contributed by atoms with E-state index in [1.807, 2.05) is 17.5 Å². The summed E-state index contributed by atoms with van der Waals surface area (Å²) in [6.45, 7) is 3.43. The quantitative estimate of drug-likeness (QED) is 0.211. The molecule has 2 saturated heterocycles. The largest absolute Gasteiger partial charge is 0.463 e. The van der Waals surface area contributed by atoms with Gasteiger partial charge in [0.2, 0.25) is 11.9 Å². The van der Waals surface area contributed by atoms with Crippen LogP contribution in [0.1, 0.15) is 59.7 Å². The maximum absolute atomic E-state index is 13.8. The molecule has 17 heteroatoms. The molecule has 5 rings (SSSR count). The molecule has 260 valence electrons. The van der Waals surface area contributed by atoms with Gasteiger partial charge in [-0.25, -0.2) is 4.99 Å². The fourth-order valence-corrected chi connectivity index (χ4v) is 6.52. The van der Waals surface area contributed by atoms with E-state index in [2.05, 4.69) is 10.3 Å². The van der Waals surface area contributed by atoms with Crippen LogP contribution in [0.5, 0.6) is 0 Å². The number of esters is 4. The Balaban J connectivity index is 1.56. The van der Waals surface area contributed by atoms with Gasteiger partial charge in [0.25, 0.3) is 11.8 Å². The highest BCUT2D eigenvalue weighted by Crippen LogP contribution is 2.31. The summed E-state index contributed by atoms with van der Waals surface area (Å²) < 4.78 is 27.7. The highest BCUT2D eigenvalue weighted by molar-refractivity contribution is 7.09. The van der Waals surface area contributed by atoms with Crippen molar-refractivity contribution in [1.29, 1.82) is 0 Å². The lowest BCUT2D eigenvalue weighted by molar-refractivity contribution is -0.251. The Morgan fingerprint density at radius 1 is 0.837 bits per heavy atom. The Kier molecular flexibility index (Phi) is 10.7. The number of nitrogens with one attached hydrogen (secondary N) is 1. The number of carbonyl (C=O) groups excluding carboxylic acids is 7. The molecule has 0 radical (unpaired) electrons. The molecule has 16 nitrogen and oxygen atoms in total. The van der Waals surface area contributed by atoms with Crippen molar-refractivity contribution in [2.24, 2.45) is 4.99 Å². The number of guanidine groups is 1. The van der Waals surface area contributed by atoms with Crippen molar-refractivity contribution in [2.75, 3.05) is 13.3 Å². The Labute approximate surface area is 284 Å². The highest BCUT2D eigenvalue weighted by Gasteiger charge is 2.53. The lowest BCUT2D eigenvalue weighted by Crippen LogP contribution is -2.63. The lowest BCUT2D eigenvalue weighted by atomic mass is 9.97. The number of benzene rings is 1. The van der Waals surface area contributed by atoms with E-state index in [1.54, 1.807) is 12.1 Å². The molecule has 1 aromatic heterocycles. The number of amides is 3. The SMILES string of the molecule is CC(=O)OC[C@H]1O[C@H](/N=C2\N[C@H](Cc3cccs3)CC(=O)N2CN2C(=O)c3ccccc3C2=O)[C@H](OC(C)=O)[C@@H](OC(C)=O)[C@@H]1OC(C)=O. The molecule has 3 aliphatic heterocycles. The van der Waals surface area contributed by atoms with E-state index in [0.717, 1.165) is 42.4 Å². The van der Waals surface area contributed by atoms with Crippen molar-refractivity contribution in [3.8, 4) is 0 Å². The number of imide groups is 1. The molecule has 4 heterocycles. The number of fused-ring (bicyclic) bond motifs is 1. The van der Waals surface area contributed by atoms with Gasteiger partial charge < -0.3 is 29.0 Å². The second-order valence-electron chi connectivity index (χ2n) is 11.4. The van der Waals surface area contributed by atoms with Gasteiger partial charge in [-0.2, -0.15) is 0 Å². The third-order valence-electron chi connectivity index (χ3n) is 7.72. The lowest BCUT2D eigenvalue weighted by Gasteiger charge is -2.44. The fourth-order valence-electron chi connectivity index (χ4n) is 5.74. The fraction of sp³-hybridized carbons (Fsp3) is 0.438. The van der Waals surface area contributed by atoms with E-state index in [-0.39, 0.29) is 23.5 Å². The zero-order valence-corrected chi connectivity index (χ0v) is 27.8. The van der Waals surface area contributed by atoms with Crippen molar-refractivity contribution >= 4 is 58.9 Å². The van der Waals surface area contributed by atoms with Crippen LogP contribution in [-0.2, 0) is 54.1 Å². The third-order valence-corrected chi connectivity index (χ3v) is 8.61. The van der Waals surface area contributed by atoms with Crippen LogP contribution in [-0.4, -0.2) is 107 Å². The summed E-state index contributed by atoms with van der Waals surface area (Å²) in [7, 11) is 0. The molecule has 2 fully saturated rings. The van der Waals surface area contributed by atoms with E-state index < -0.39 is 91.6 Å². The summed E-state index contributed by atoms with van der Waals surface area (Å²) in [4.78, 5) is 96.4. The third kappa shape index (κ3) is 8.11. The minimum atomic E-state index is -1.55. The normalized spacial score (nSPS) is 25.8. The Hall–Kier alpha value is -5.16. The molecule has 0 saturated carbocycles. The van der Waals surface area contributed by atoms with Crippen molar-refractivity contribution in [3.05, 3.63) is 57.8 Å². The molecular weight excluding hydrogens is 664 g/mol. The number of carbonyl (C=O) groups is 7. The molecule has 0 unspecified atom stereocenters. The first kappa shape index (κ1) is 35.2. The number of nitrogens with zero attached hydrogens (tertiary/aromatic N) is 3. The van der Waals surface area contributed by atoms with Gasteiger partial charge in [-0.15, -0.1) is 11.3 Å². The van der Waals surface area contributed by atoms with Crippen LogP contribution < -0.4 is 5.32 Å². The zero-order valence-electron chi connectivity index (χ0n) is 27.0. The summed E-state index contributed by atoms with van der Waals surface area (Å²) in [5.41, 5.74) is 0.358. The number of aliphatic imine (C=N–C) groups is 1. The maximum Gasteiger partial charge on any atom is 0.303 e. The molecule has 1 aromatic carbocycles. The van der Waals surface area contributed by atoms with E-state index >= 15 is 0 Å². The van der Waals surface area contributed by atoms with Crippen molar-refractivity contribution in [3.63, 3.8) is 0 Å². The minimum absolute atomic E-state index is 0.0291. The maximum atomic E-state index is 13.8. The molecule has 6 atom stereocenters. The van der Waals surface area contributed by atoms with Crippen molar-refractivity contribution < 1.29 is 57.2 Å². The first-order chi connectivity index (χ1) is 23.3. The van der Waals surface area contributed by atoms with E-state index in [9.17, 15) is 33.6 Å². The molecule has 3 aliphatic rings. The van der Waals surface area contributed by atoms with Gasteiger partial charge in [-0.1, -0.05) is 18.2 Å². The zero-order chi connectivity index (χ0) is 35.4. The van der Waals surface area contributed by atoms with E-state index in [1.165, 1.54) is 23.5 Å². The molecular formula is C32H34N4O12S. The average molecular weight is 699 g/mol. The van der Waals surface area contributed by atoms with Crippen LogP contribution in [0, 0.1) is 0 Å². The summed E-state index contributed by atoms with van der Waals surface area (Å²) >= 11 is 1.49. The van der Waals surface area contributed by atoms with Gasteiger partial charge in [-0.3, -0.25) is 43.4 Å². The summed E-state index contributed by atoms with van der Waals surface area (Å²) in [6, 6.07) is 9.53. The number of rotatable bonds is 10. The van der Waals surface area contributed by atoms with E-state index in [0.29, 0.717) is 6.42 Å². The average Bonchev–Trinajstić information content (AvgIpc) is 3.62. The molecule has 49 heavy (non-hydrogen) atoms. The second kappa shape index (κ2) is 14.9. The van der Waals surface area contributed by atoms with Crippen LogP contribution in [0.2, 0.25) is 0 Å². The van der Waals surface area contributed by atoms with Crippen LogP contribution in [0.15, 0.2) is 46.8 Å². The van der Waals surface area contributed by atoms with Gasteiger partial charge >= 0.3 is 23.9 Å². The molecule has 1 N–H and O–H groups in total. The van der Waals surface area contributed by atoms with Crippen LogP contribution in [0.4, 0.5) is 0 Å². The van der Waals surface area contributed by atoms with Gasteiger partial charge in [0.05, 0.1) is 11.1 Å². The standard InChI is InChI=1S/C32H34N4O12S/c1-16(37)44-14-24-26(45-17(2)38)27(46-18(3)39)28(47-19(4)40)29(48-24)34-32-33-20(12-21-8-7-11-49-21)13-25(41)35(32)15-36-30(42)22-9-5-6-10-23(22)31(36)43/h5-11,20,24,26-29H,12-15H2,1-4H3,(H,33,34)/t20-,24-,26-,27+,28-,29+/m1/s1. The molecule has 0 bridgehead atoms. The van der Waals surface area contributed by atoms with Gasteiger partial charge in [0.1, 0.15) is 19.4 Å². The van der Waals surface area contributed by atoms with Gasteiger partial charge in [0.15, 0.2) is 24.5 Å². The van der Waals surface area contributed by atoms with Crippen molar-refractivity contribution in [2.45, 2.75) is 77.2 Å². The summed E-state index contributed by atoms with van der Waals surface area (Å²) in [5, 5.41) is 5.09. The molecule has 3 amide bonds. The first-order valence-electron chi connectivity index (χ1n) is 15.2. The van der Waals surface area contributed by atoms with Crippen LogP contribution in [0.25, 0.3) is 0 Å². The number of hydrogen-bond acceptors (Lipinski definition) is 14.